The number of nitrogens with one attached hydrogen (secondary N) is 1. The van der Waals surface area contributed by atoms with Crippen LogP contribution in [0.1, 0.15) is 25.0 Å². The largest absolute Gasteiger partial charge is 0.497 e. The van der Waals surface area contributed by atoms with Crippen molar-refractivity contribution in [2.24, 2.45) is 0 Å². The first-order valence-corrected chi connectivity index (χ1v) is 10.5. The normalized spacial score (nSPS) is 12.8. The van der Waals surface area contributed by atoms with E-state index >= 15 is 0 Å². The fraction of sp³-hybridized carbons (Fsp3) is 0.455. The molecule has 0 saturated carbocycles. The van der Waals surface area contributed by atoms with Gasteiger partial charge in [-0.05, 0) is 68.5 Å². The van der Waals surface area contributed by atoms with Gasteiger partial charge < -0.3 is 19.1 Å². The Balaban J connectivity index is 1.87. The Labute approximate surface area is 170 Å². The third kappa shape index (κ3) is 4.58. The molecule has 0 amide bonds. The number of thiophene rings is 1. The fourth-order valence-corrected chi connectivity index (χ4v) is 4.53. The molecule has 1 aromatic carbocycles. The van der Waals surface area contributed by atoms with Gasteiger partial charge in [0.25, 0.3) is 0 Å². The molecular formula is C22H30N2O3S. The SMILES string of the molecule is COc1ccc2c(c1)c(C)c(-c1cc(C)cs1)n2CCOCC(O)NC(C)C. The number of rotatable bonds is 9. The van der Waals surface area contributed by atoms with Crippen molar-refractivity contribution in [2.75, 3.05) is 20.3 Å². The molecule has 0 aliphatic heterocycles. The Bertz CT molecular complexity index is 929. The Kier molecular flexibility index (Phi) is 6.78. The van der Waals surface area contributed by atoms with E-state index in [9.17, 15) is 5.11 Å². The van der Waals surface area contributed by atoms with Crippen molar-refractivity contribution < 1.29 is 14.6 Å². The van der Waals surface area contributed by atoms with Crippen LogP contribution >= 0.6 is 11.3 Å². The monoisotopic (exact) mass is 402 g/mol. The molecule has 0 saturated heterocycles. The minimum Gasteiger partial charge on any atom is -0.497 e. The van der Waals surface area contributed by atoms with Crippen LogP contribution in [0.15, 0.2) is 29.6 Å². The van der Waals surface area contributed by atoms with Gasteiger partial charge in [-0.15, -0.1) is 11.3 Å². The number of aromatic nitrogens is 1. The van der Waals surface area contributed by atoms with E-state index in [0.717, 1.165) is 12.3 Å². The van der Waals surface area contributed by atoms with Gasteiger partial charge in [-0.2, -0.15) is 0 Å². The van der Waals surface area contributed by atoms with Gasteiger partial charge >= 0.3 is 0 Å². The molecule has 0 fully saturated rings. The van der Waals surface area contributed by atoms with Crippen molar-refractivity contribution >= 4 is 22.2 Å². The maximum Gasteiger partial charge on any atom is 0.128 e. The molecular weight excluding hydrogens is 372 g/mol. The fourth-order valence-electron chi connectivity index (χ4n) is 3.52. The minimum atomic E-state index is -0.646. The van der Waals surface area contributed by atoms with E-state index in [2.05, 4.69) is 47.3 Å². The summed E-state index contributed by atoms with van der Waals surface area (Å²) in [4.78, 5) is 1.26. The van der Waals surface area contributed by atoms with Crippen LogP contribution in [0.5, 0.6) is 5.75 Å². The summed E-state index contributed by atoms with van der Waals surface area (Å²) in [6.45, 7) is 9.82. The van der Waals surface area contributed by atoms with E-state index in [0.29, 0.717) is 6.61 Å². The molecule has 5 nitrogen and oxygen atoms in total. The first-order valence-electron chi connectivity index (χ1n) is 9.65. The van der Waals surface area contributed by atoms with E-state index in [1.165, 1.54) is 32.6 Å². The van der Waals surface area contributed by atoms with Crippen LogP contribution in [0.4, 0.5) is 0 Å². The second kappa shape index (κ2) is 9.09. The molecule has 6 heteroatoms. The zero-order valence-corrected chi connectivity index (χ0v) is 18.1. The molecule has 0 aliphatic rings. The third-order valence-electron chi connectivity index (χ3n) is 4.75. The summed E-state index contributed by atoms with van der Waals surface area (Å²) in [6, 6.07) is 8.66. The van der Waals surface area contributed by atoms with Crippen LogP contribution in [0, 0.1) is 13.8 Å². The molecule has 152 valence electrons. The van der Waals surface area contributed by atoms with Gasteiger partial charge in [0.05, 0.1) is 30.9 Å². The van der Waals surface area contributed by atoms with E-state index in [-0.39, 0.29) is 12.6 Å². The lowest BCUT2D eigenvalue weighted by Crippen LogP contribution is -2.38. The van der Waals surface area contributed by atoms with Gasteiger partial charge in [0.2, 0.25) is 0 Å². The van der Waals surface area contributed by atoms with Gasteiger partial charge in [-0.3, -0.25) is 5.32 Å². The molecule has 28 heavy (non-hydrogen) atoms. The minimum absolute atomic E-state index is 0.221. The quantitative estimate of drug-likeness (QED) is 0.413. The number of ether oxygens (including phenoxy) is 2. The van der Waals surface area contributed by atoms with Crippen molar-refractivity contribution in [1.29, 1.82) is 0 Å². The second-order valence-corrected chi connectivity index (χ2v) is 8.32. The molecule has 0 radical (unpaired) electrons. The Hall–Kier alpha value is -1.86. The maximum absolute atomic E-state index is 9.93. The number of methoxy groups -OCH3 is 1. The smallest absolute Gasteiger partial charge is 0.128 e. The van der Waals surface area contributed by atoms with Crippen molar-refractivity contribution in [3.05, 3.63) is 40.8 Å². The number of hydrogen-bond acceptors (Lipinski definition) is 5. The summed E-state index contributed by atoms with van der Waals surface area (Å²) in [7, 11) is 1.70. The number of benzene rings is 1. The molecule has 3 rings (SSSR count). The number of fused-ring (bicyclic) bond motifs is 1. The molecule has 2 N–H and O–H groups in total. The van der Waals surface area contributed by atoms with Crippen molar-refractivity contribution in [3.8, 4) is 16.3 Å². The summed E-state index contributed by atoms with van der Waals surface area (Å²) in [5, 5.41) is 16.3. The first kappa shape index (κ1) is 20.9. The van der Waals surface area contributed by atoms with Gasteiger partial charge in [0.15, 0.2) is 0 Å². The number of aryl methyl sites for hydroxylation is 2. The summed E-state index contributed by atoms with van der Waals surface area (Å²) in [5.41, 5.74) is 4.92. The van der Waals surface area contributed by atoms with E-state index in [1.807, 2.05) is 19.9 Å². The Morgan fingerprint density at radius 2 is 2.00 bits per heavy atom. The molecule has 0 bridgehead atoms. The predicted molar refractivity (Wildman–Crippen MR) is 116 cm³/mol. The van der Waals surface area contributed by atoms with Crippen molar-refractivity contribution in [3.63, 3.8) is 0 Å². The van der Waals surface area contributed by atoms with Crippen molar-refractivity contribution in [2.45, 2.75) is 46.5 Å². The van der Waals surface area contributed by atoms with E-state index in [1.54, 1.807) is 18.4 Å². The molecule has 2 aromatic heterocycles. The molecule has 0 aliphatic carbocycles. The standard InChI is InChI=1S/C22H30N2O3S/c1-14(2)23-21(25)12-27-9-8-24-19-7-6-17(26-5)11-18(19)16(4)22(24)20-10-15(3)13-28-20/h6-7,10-11,13-14,21,23,25H,8-9,12H2,1-5H3. The number of nitrogens with zero attached hydrogens (tertiary/aromatic N) is 1. The highest BCUT2D eigenvalue weighted by Gasteiger charge is 2.18. The highest BCUT2D eigenvalue weighted by molar-refractivity contribution is 7.13. The van der Waals surface area contributed by atoms with Gasteiger partial charge in [0.1, 0.15) is 12.0 Å². The Morgan fingerprint density at radius 1 is 1.21 bits per heavy atom. The van der Waals surface area contributed by atoms with Crippen molar-refractivity contribution in [1.82, 2.24) is 9.88 Å². The van der Waals surface area contributed by atoms with Crippen LogP contribution in [0.25, 0.3) is 21.5 Å². The highest BCUT2D eigenvalue weighted by atomic mass is 32.1. The lowest BCUT2D eigenvalue weighted by molar-refractivity contribution is 0.0123. The topological polar surface area (TPSA) is 55.7 Å². The average Bonchev–Trinajstić information content (AvgIpc) is 3.19. The highest BCUT2D eigenvalue weighted by Crippen LogP contribution is 2.37. The maximum atomic E-state index is 9.93. The summed E-state index contributed by atoms with van der Waals surface area (Å²) in [6.07, 6.45) is -0.646. The summed E-state index contributed by atoms with van der Waals surface area (Å²) < 4.78 is 13.5. The molecule has 0 spiro atoms. The average molecular weight is 403 g/mol. The Morgan fingerprint density at radius 3 is 2.64 bits per heavy atom. The second-order valence-electron chi connectivity index (χ2n) is 7.41. The van der Waals surface area contributed by atoms with Crippen LogP contribution < -0.4 is 10.1 Å². The van der Waals surface area contributed by atoms with Crippen LogP contribution in [-0.4, -0.2) is 42.3 Å². The number of hydrogen-bond donors (Lipinski definition) is 2. The predicted octanol–water partition coefficient (Wildman–Crippen LogP) is 4.33. The van der Waals surface area contributed by atoms with Crippen LogP contribution in [0.2, 0.25) is 0 Å². The number of aliphatic hydroxyl groups excluding tert-OH is 1. The molecule has 1 unspecified atom stereocenters. The molecule has 2 heterocycles. The van der Waals surface area contributed by atoms with Crippen LogP contribution in [-0.2, 0) is 11.3 Å². The number of aliphatic hydroxyl groups is 1. The van der Waals surface area contributed by atoms with Crippen LogP contribution in [0.3, 0.4) is 0 Å². The van der Waals surface area contributed by atoms with Gasteiger partial charge in [-0.25, -0.2) is 0 Å². The summed E-state index contributed by atoms with van der Waals surface area (Å²) in [5.74, 6) is 0.862. The summed E-state index contributed by atoms with van der Waals surface area (Å²) >= 11 is 1.76. The lowest BCUT2D eigenvalue weighted by atomic mass is 10.1. The third-order valence-corrected chi connectivity index (χ3v) is 5.80. The van der Waals surface area contributed by atoms with Gasteiger partial charge in [-0.1, -0.05) is 0 Å². The lowest BCUT2D eigenvalue weighted by Gasteiger charge is -2.16. The van der Waals surface area contributed by atoms with Gasteiger partial charge in [0, 0.05) is 23.5 Å². The molecule has 3 aromatic rings. The molecule has 1 atom stereocenters. The first-order chi connectivity index (χ1) is 13.4. The van der Waals surface area contributed by atoms with E-state index < -0.39 is 6.23 Å². The van der Waals surface area contributed by atoms with E-state index in [4.69, 9.17) is 9.47 Å². The zero-order chi connectivity index (χ0) is 20.3. The zero-order valence-electron chi connectivity index (χ0n) is 17.3.